The van der Waals surface area contributed by atoms with E-state index in [1.807, 2.05) is 13.2 Å². The van der Waals surface area contributed by atoms with Crippen LogP contribution in [0.3, 0.4) is 0 Å². The lowest BCUT2D eigenvalue weighted by Crippen LogP contribution is -2.43. The predicted octanol–water partition coefficient (Wildman–Crippen LogP) is 3.83. The number of amides is 1. The van der Waals surface area contributed by atoms with Crippen molar-refractivity contribution in [2.75, 3.05) is 19.3 Å². The molecular formula is C21H25FN2O3S2. The average molecular weight is 437 g/mol. The van der Waals surface area contributed by atoms with Crippen LogP contribution in [0.1, 0.15) is 31.4 Å². The highest BCUT2D eigenvalue weighted by molar-refractivity contribution is 7.98. The van der Waals surface area contributed by atoms with Gasteiger partial charge in [-0.1, -0.05) is 12.1 Å². The van der Waals surface area contributed by atoms with Crippen LogP contribution >= 0.6 is 11.8 Å². The smallest absolute Gasteiger partial charge is 0.243 e. The van der Waals surface area contributed by atoms with Crippen molar-refractivity contribution in [3.05, 3.63) is 59.9 Å². The molecule has 0 spiro atoms. The molecule has 1 aliphatic heterocycles. The molecular weight excluding hydrogens is 411 g/mol. The van der Waals surface area contributed by atoms with Crippen LogP contribution in [0.5, 0.6) is 0 Å². The topological polar surface area (TPSA) is 66.5 Å². The van der Waals surface area contributed by atoms with Gasteiger partial charge in [-0.05, 0) is 68.0 Å². The molecule has 1 heterocycles. The third kappa shape index (κ3) is 5.18. The normalized spacial score (nSPS) is 17.1. The van der Waals surface area contributed by atoms with E-state index in [0.717, 1.165) is 10.5 Å². The van der Waals surface area contributed by atoms with Gasteiger partial charge >= 0.3 is 0 Å². The van der Waals surface area contributed by atoms with Crippen LogP contribution in [0, 0.1) is 11.7 Å². The lowest BCUT2D eigenvalue weighted by molar-refractivity contribution is -0.126. The van der Waals surface area contributed by atoms with E-state index >= 15 is 0 Å². The standard InChI is InChI=1S/C21H25FN2O3S2/c1-15(16-3-5-18(22)6-4-16)23-21(25)17-11-13-24(14-12-17)29(26,27)20-9-7-19(28-2)8-10-20/h3-10,15,17H,11-14H2,1-2H3,(H,23,25)/t15-/m0/s1. The van der Waals surface area contributed by atoms with Crippen molar-refractivity contribution in [1.82, 2.24) is 9.62 Å². The zero-order valence-electron chi connectivity index (χ0n) is 16.5. The molecule has 0 unspecified atom stereocenters. The second kappa shape index (κ2) is 9.28. The number of piperidine rings is 1. The number of carbonyl (C=O) groups is 1. The molecule has 2 aromatic rings. The Morgan fingerprint density at radius 1 is 1.10 bits per heavy atom. The van der Waals surface area contributed by atoms with E-state index in [2.05, 4.69) is 5.32 Å². The highest BCUT2D eigenvalue weighted by atomic mass is 32.2. The first-order valence-electron chi connectivity index (χ1n) is 9.51. The highest BCUT2D eigenvalue weighted by Gasteiger charge is 2.32. The number of nitrogens with zero attached hydrogens (tertiary/aromatic N) is 1. The van der Waals surface area contributed by atoms with E-state index in [4.69, 9.17) is 0 Å². The Labute approximate surface area is 175 Å². The number of thioether (sulfide) groups is 1. The van der Waals surface area contributed by atoms with Gasteiger partial charge in [0.1, 0.15) is 5.82 Å². The summed E-state index contributed by atoms with van der Waals surface area (Å²) in [5.74, 6) is -0.643. The number of sulfonamides is 1. The number of carbonyl (C=O) groups excluding carboxylic acids is 1. The van der Waals surface area contributed by atoms with Crippen LogP contribution in [-0.4, -0.2) is 38.0 Å². The van der Waals surface area contributed by atoms with Crippen molar-refractivity contribution in [3.63, 3.8) is 0 Å². The molecule has 1 fully saturated rings. The zero-order valence-corrected chi connectivity index (χ0v) is 18.1. The fraction of sp³-hybridized carbons (Fsp3) is 0.381. The molecule has 1 N–H and O–H groups in total. The Bertz CT molecular complexity index is 939. The minimum Gasteiger partial charge on any atom is -0.349 e. The largest absolute Gasteiger partial charge is 0.349 e. The summed E-state index contributed by atoms with van der Waals surface area (Å²) in [4.78, 5) is 13.9. The Kier molecular flexibility index (Phi) is 6.97. The Morgan fingerprint density at radius 2 is 1.69 bits per heavy atom. The van der Waals surface area contributed by atoms with E-state index in [1.165, 1.54) is 16.4 Å². The van der Waals surface area contributed by atoms with Crippen molar-refractivity contribution < 1.29 is 17.6 Å². The second-order valence-electron chi connectivity index (χ2n) is 7.14. The van der Waals surface area contributed by atoms with Crippen molar-refractivity contribution in [3.8, 4) is 0 Å². The Balaban J connectivity index is 1.57. The van der Waals surface area contributed by atoms with E-state index in [-0.39, 0.29) is 28.6 Å². The molecule has 8 heteroatoms. The van der Waals surface area contributed by atoms with Crippen LogP contribution < -0.4 is 5.32 Å². The third-order valence-corrected chi connectivity index (χ3v) is 7.91. The molecule has 3 rings (SSSR count). The number of halogens is 1. The summed E-state index contributed by atoms with van der Waals surface area (Å²) in [6, 6.07) is 12.7. The van der Waals surface area contributed by atoms with E-state index in [9.17, 15) is 17.6 Å². The molecule has 5 nitrogen and oxygen atoms in total. The maximum absolute atomic E-state index is 13.1. The first kappa shape index (κ1) is 21.8. The molecule has 156 valence electrons. The Hall–Kier alpha value is -1.90. The lowest BCUT2D eigenvalue weighted by atomic mass is 9.96. The van der Waals surface area contributed by atoms with Crippen molar-refractivity contribution in [1.29, 1.82) is 0 Å². The summed E-state index contributed by atoms with van der Waals surface area (Å²) in [5.41, 5.74) is 0.827. The van der Waals surface area contributed by atoms with Gasteiger partial charge in [-0.15, -0.1) is 11.8 Å². The molecule has 0 aromatic heterocycles. The predicted molar refractivity (Wildman–Crippen MR) is 113 cm³/mol. The molecule has 0 aliphatic carbocycles. The molecule has 1 atom stereocenters. The zero-order chi connectivity index (χ0) is 21.0. The van der Waals surface area contributed by atoms with Gasteiger partial charge in [-0.2, -0.15) is 4.31 Å². The van der Waals surface area contributed by atoms with E-state index < -0.39 is 10.0 Å². The summed E-state index contributed by atoms with van der Waals surface area (Å²) < 4.78 is 40.2. The Morgan fingerprint density at radius 3 is 2.24 bits per heavy atom. The first-order valence-corrected chi connectivity index (χ1v) is 12.2. The molecule has 1 amide bonds. The minimum atomic E-state index is -3.55. The van der Waals surface area contributed by atoms with Gasteiger partial charge in [0, 0.05) is 23.9 Å². The van der Waals surface area contributed by atoms with E-state index in [1.54, 1.807) is 48.2 Å². The second-order valence-corrected chi connectivity index (χ2v) is 9.95. The summed E-state index contributed by atoms with van der Waals surface area (Å²) in [5, 5.41) is 2.95. The number of rotatable bonds is 6. The van der Waals surface area contributed by atoms with Crippen molar-refractivity contribution >= 4 is 27.7 Å². The van der Waals surface area contributed by atoms with Gasteiger partial charge in [-0.3, -0.25) is 4.79 Å². The molecule has 1 aliphatic rings. The van der Waals surface area contributed by atoms with Crippen LogP contribution in [0.25, 0.3) is 0 Å². The summed E-state index contributed by atoms with van der Waals surface area (Å²) in [6.07, 6.45) is 2.89. The molecule has 0 saturated carbocycles. The van der Waals surface area contributed by atoms with Gasteiger partial charge in [-0.25, -0.2) is 12.8 Å². The maximum atomic E-state index is 13.1. The summed E-state index contributed by atoms with van der Waals surface area (Å²) >= 11 is 1.56. The number of hydrogen-bond acceptors (Lipinski definition) is 4. The van der Waals surface area contributed by atoms with Crippen molar-refractivity contribution in [2.24, 2.45) is 5.92 Å². The summed E-state index contributed by atoms with van der Waals surface area (Å²) in [7, 11) is -3.55. The number of benzene rings is 2. The van der Waals surface area contributed by atoms with Gasteiger partial charge in [0.2, 0.25) is 15.9 Å². The lowest BCUT2D eigenvalue weighted by Gasteiger charge is -2.31. The van der Waals surface area contributed by atoms with Crippen LogP contribution in [-0.2, 0) is 14.8 Å². The molecule has 1 saturated heterocycles. The van der Waals surface area contributed by atoms with Gasteiger partial charge < -0.3 is 5.32 Å². The van der Waals surface area contributed by atoms with Crippen LogP contribution in [0.4, 0.5) is 4.39 Å². The molecule has 29 heavy (non-hydrogen) atoms. The fourth-order valence-electron chi connectivity index (χ4n) is 3.42. The summed E-state index contributed by atoms with van der Waals surface area (Å²) in [6.45, 7) is 2.48. The maximum Gasteiger partial charge on any atom is 0.243 e. The molecule has 2 aromatic carbocycles. The third-order valence-electron chi connectivity index (χ3n) is 5.25. The van der Waals surface area contributed by atoms with E-state index in [0.29, 0.717) is 25.9 Å². The van der Waals surface area contributed by atoms with Crippen LogP contribution in [0.15, 0.2) is 58.3 Å². The quantitative estimate of drug-likeness (QED) is 0.699. The van der Waals surface area contributed by atoms with Crippen molar-refractivity contribution in [2.45, 2.75) is 35.6 Å². The minimum absolute atomic E-state index is 0.0943. The number of hydrogen-bond donors (Lipinski definition) is 1. The van der Waals surface area contributed by atoms with Crippen LogP contribution in [0.2, 0.25) is 0 Å². The SMILES string of the molecule is CSc1ccc(S(=O)(=O)N2CCC(C(=O)N[C@@H](C)c3ccc(F)cc3)CC2)cc1. The fourth-order valence-corrected chi connectivity index (χ4v) is 5.30. The van der Waals surface area contributed by atoms with Gasteiger partial charge in [0.05, 0.1) is 10.9 Å². The van der Waals surface area contributed by atoms with Gasteiger partial charge in [0.15, 0.2) is 0 Å². The highest BCUT2D eigenvalue weighted by Crippen LogP contribution is 2.26. The molecule has 0 bridgehead atoms. The monoisotopic (exact) mass is 436 g/mol. The average Bonchev–Trinajstić information content (AvgIpc) is 2.74. The first-order chi connectivity index (χ1) is 13.8. The van der Waals surface area contributed by atoms with Gasteiger partial charge in [0.25, 0.3) is 0 Å². The molecule has 0 radical (unpaired) electrons. The number of nitrogens with one attached hydrogen (secondary N) is 1.